The Morgan fingerprint density at radius 1 is 1.38 bits per heavy atom. The van der Waals surface area contributed by atoms with E-state index in [2.05, 4.69) is 5.32 Å². The number of hydrogen-bond donors (Lipinski definition) is 1. The molecule has 21 heavy (non-hydrogen) atoms. The van der Waals surface area contributed by atoms with Crippen molar-refractivity contribution in [2.24, 2.45) is 11.8 Å². The third kappa shape index (κ3) is 2.29. The summed E-state index contributed by atoms with van der Waals surface area (Å²) in [5.74, 6) is -0.263. The van der Waals surface area contributed by atoms with Crippen molar-refractivity contribution in [1.29, 1.82) is 0 Å². The predicted molar refractivity (Wildman–Crippen MR) is 79.2 cm³/mol. The minimum absolute atomic E-state index is 0.188. The molecular weight excluding hydrogens is 315 g/mol. The molecule has 0 spiro atoms. The van der Waals surface area contributed by atoms with Gasteiger partial charge in [0, 0.05) is 23.7 Å². The summed E-state index contributed by atoms with van der Waals surface area (Å²) in [5.41, 5.74) is -0.529. The molecule has 7 heteroatoms. The van der Waals surface area contributed by atoms with Gasteiger partial charge in [0.15, 0.2) is 0 Å². The monoisotopic (exact) mass is 332 g/mol. The minimum atomic E-state index is -3.86. The first-order valence-electron chi connectivity index (χ1n) is 6.93. The van der Waals surface area contributed by atoms with Gasteiger partial charge in [-0.3, -0.25) is 0 Å². The maximum absolute atomic E-state index is 14.0. The summed E-state index contributed by atoms with van der Waals surface area (Å²) in [5, 5.41) is 3.49. The fourth-order valence-corrected chi connectivity index (χ4v) is 5.68. The number of benzene rings is 1. The van der Waals surface area contributed by atoms with Gasteiger partial charge in [-0.2, -0.15) is 4.31 Å². The Morgan fingerprint density at radius 2 is 2.10 bits per heavy atom. The highest BCUT2D eigenvalue weighted by Gasteiger charge is 2.54. The van der Waals surface area contributed by atoms with E-state index in [4.69, 9.17) is 11.6 Å². The van der Waals surface area contributed by atoms with Crippen molar-refractivity contribution in [1.82, 2.24) is 9.62 Å². The highest BCUT2D eigenvalue weighted by Crippen LogP contribution is 2.43. The van der Waals surface area contributed by atoms with Crippen molar-refractivity contribution in [2.75, 3.05) is 19.6 Å². The van der Waals surface area contributed by atoms with Crippen LogP contribution in [0.2, 0.25) is 5.02 Å². The summed E-state index contributed by atoms with van der Waals surface area (Å²) >= 11 is 5.70. The maximum Gasteiger partial charge on any atom is 0.246 e. The molecule has 0 saturated carbocycles. The number of hydrogen-bond acceptors (Lipinski definition) is 3. The van der Waals surface area contributed by atoms with E-state index in [9.17, 15) is 12.8 Å². The molecule has 2 heterocycles. The van der Waals surface area contributed by atoms with E-state index in [-0.39, 0.29) is 21.8 Å². The molecule has 0 aromatic heterocycles. The summed E-state index contributed by atoms with van der Waals surface area (Å²) in [4.78, 5) is -0.298. The molecule has 1 aromatic carbocycles. The molecule has 2 unspecified atom stereocenters. The highest BCUT2D eigenvalue weighted by atomic mass is 35.5. The van der Waals surface area contributed by atoms with Crippen LogP contribution in [0.1, 0.15) is 13.8 Å². The Balaban J connectivity index is 2.03. The predicted octanol–water partition coefficient (Wildman–Crippen LogP) is 2.10. The van der Waals surface area contributed by atoms with Crippen molar-refractivity contribution in [3.8, 4) is 0 Å². The van der Waals surface area contributed by atoms with E-state index >= 15 is 0 Å². The second kappa shape index (κ2) is 4.91. The number of rotatable bonds is 2. The van der Waals surface area contributed by atoms with Gasteiger partial charge in [-0.05, 0) is 50.4 Å². The molecule has 0 amide bonds. The van der Waals surface area contributed by atoms with Gasteiger partial charge in [0.1, 0.15) is 10.7 Å². The third-order valence-corrected chi connectivity index (χ3v) is 7.07. The number of sulfonamides is 1. The fourth-order valence-electron chi connectivity index (χ4n) is 3.60. The summed E-state index contributed by atoms with van der Waals surface area (Å²) in [6.07, 6.45) is 0. The number of fused-ring (bicyclic) bond motifs is 1. The van der Waals surface area contributed by atoms with Crippen LogP contribution in [-0.2, 0) is 10.0 Å². The quantitative estimate of drug-likeness (QED) is 0.902. The maximum atomic E-state index is 14.0. The Bertz CT molecular complexity index is 678. The molecular formula is C14H18ClFN2O2S. The lowest BCUT2D eigenvalue weighted by Gasteiger charge is -2.34. The minimum Gasteiger partial charge on any atom is -0.316 e. The molecule has 2 atom stereocenters. The number of nitrogens with zero attached hydrogens (tertiary/aromatic N) is 1. The first-order valence-corrected chi connectivity index (χ1v) is 8.75. The lowest BCUT2D eigenvalue weighted by atomic mass is 9.85. The molecule has 0 bridgehead atoms. The molecule has 2 aliphatic rings. The van der Waals surface area contributed by atoms with Crippen molar-refractivity contribution < 1.29 is 12.8 Å². The van der Waals surface area contributed by atoms with Crippen LogP contribution in [0.25, 0.3) is 0 Å². The van der Waals surface area contributed by atoms with E-state index in [1.165, 1.54) is 16.4 Å². The van der Waals surface area contributed by atoms with Gasteiger partial charge in [0.2, 0.25) is 10.0 Å². The smallest absolute Gasteiger partial charge is 0.246 e. The van der Waals surface area contributed by atoms with Crippen LogP contribution < -0.4 is 5.32 Å². The molecule has 2 saturated heterocycles. The van der Waals surface area contributed by atoms with E-state index in [1.54, 1.807) is 0 Å². The zero-order chi connectivity index (χ0) is 15.4. The van der Waals surface area contributed by atoms with Crippen molar-refractivity contribution in [2.45, 2.75) is 24.3 Å². The standard InChI is InChI=1S/C14H18ClFN2O2S/c1-14(2)11-7-17-6-9(11)8-18(14)21(19,20)13-4-3-10(15)5-12(13)16/h3-5,9,11,17H,6-8H2,1-2H3. The third-order valence-electron chi connectivity index (χ3n) is 4.75. The molecule has 1 N–H and O–H groups in total. The van der Waals surface area contributed by atoms with Crippen molar-refractivity contribution >= 4 is 21.6 Å². The van der Waals surface area contributed by atoms with Crippen LogP contribution in [0.5, 0.6) is 0 Å². The Kier molecular flexibility index (Phi) is 3.56. The van der Waals surface area contributed by atoms with Crippen LogP contribution >= 0.6 is 11.6 Å². The topological polar surface area (TPSA) is 49.4 Å². The number of nitrogens with one attached hydrogen (secondary N) is 1. The second-order valence-corrected chi connectivity index (χ2v) is 8.56. The van der Waals surface area contributed by atoms with E-state index in [0.29, 0.717) is 6.54 Å². The molecule has 2 aliphatic heterocycles. The van der Waals surface area contributed by atoms with E-state index < -0.39 is 21.4 Å². The van der Waals surface area contributed by atoms with Gasteiger partial charge >= 0.3 is 0 Å². The van der Waals surface area contributed by atoms with Gasteiger partial charge in [-0.15, -0.1) is 0 Å². The summed E-state index contributed by atoms with van der Waals surface area (Å²) in [6, 6.07) is 3.69. The van der Waals surface area contributed by atoms with Gasteiger partial charge in [0.05, 0.1) is 0 Å². The molecule has 116 valence electrons. The van der Waals surface area contributed by atoms with Gasteiger partial charge < -0.3 is 5.32 Å². The SMILES string of the molecule is CC1(C)C2CNCC2CN1S(=O)(=O)c1ccc(Cl)cc1F. The average molecular weight is 333 g/mol. The van der Waals surface area contributed by atoms with Crippen LogP contribution in [0, 0.1) is 17.7 Å². The average Bonchev–Trinajstić information content (AvgIpc) is 2.91. The molecule has 2 fully saturated rings. The van der Waals surface area contributed by atoms with Crippen LogP contribution in [0.15, 0.2) is 23.1 Å². The second-order valence-electron chi connectivity index (χ2n) is 6.29. The Hall–Kier alpha value is -0.690. The zero-order valence-corrected chi connectivity index (χ0v) is 13.5. The van der Waals surface area contributed by atoms with E-state index in [0.717, 1.165) is 19.2 Å². The Labute approximate surface area is 129 Å². The molecule has 0 aliphatic carbocycles. The molecule has 0 radical (unpaired) electrons. The molecule has 4 nitrogen and oxygen atoms in total. The van der Waals surface area contributed by atoms with Crippen LogP contribution in [-0.4, -0.2) is 37.9 Å². The zero-order valence-electron chi connectivity index (χ0n) is 11.9. The fraction of sp³-hybridized carbons (Fsp3) is 0.571. The van der Waals surface area contributed by atoms with Gasteiger partial charge in [-0.25, -0.2) is 12.8 Å². The largest absolute Gasteiger partial charge is 0.316 e. The number of halogens is 2. The first-order chi connectivity index (χ1) is 9.74. The van der Waals surface area contributed by atoms with E-state index in [1.807, 2.05) is 13.8 Å². The molecule has 3 rings (SSSR count). The first kappa shape index (κ1) is 15.2. The van der Waals surface area contributed by atoms with Crippen molar-refractivity contribution in [3.05, 3.63) is 29.0 Å². The summed E-state index contributed by atoms with van der Waals surface area (Å²) < 4.78 is 41.2. The molecule has 1 aromatic rings. The lowest BCUT2D eigenvalue weighted by Crippen LogP contribution is -2.47. The lowest BCUT2D eigenvalue weighted by molar-refractivity contribution is 0.232. The van der Waals surface area contributed by atoms with Crippen LogP contribution in [0.4, 0.5) is 4.39 Å². The van der Waals surface area contributed by atoms with Crippen molar-refractivity contribution in [3.63, 3.8) is 0 Å². The van der Waals surface area contributed by atoms with Gasteiger partial charge in [0.25, 0.3) is 0 Å². The normalized spacial score (nSPS) is 28.8. The Morgan fingerprint density at radius 3 is 2.71 bits per heavy atom. The summed E-state index contributed by atoms with van der Waals surface area (Å²) in [7, 11) is -3.86. The van der Waals surface area contributed by atoms with Gasteiger partial charge in [-0.1, -0.05) is 11.6 Å². The summed E-state index contributed by atoms with van der Waals surface area (Å²) in [6.45, 7) is 5.86. The highest BCUT2D eigenvalue weighted by molar-refractivity contribution is 7.89. The van der Waals surface area contributed by atoms with Crippen LogP contribution in [0.3, 0.4) is 0 Å².